The second-order valence-electron chi connectivity index (χ2n) is 2.42. The fourth-order valence-corrected chi connectivity index (χ4v) is 0.865. The van der Waals surface area contributed by atoms with Gasteiger partial charge in [0.15, 0.2) is 0 Å². The van der Waals surface area contributed by atoms with Gasteiger partial charge in [-0.15, -0.1) is 0 Å². The Kier molecular flexibility index (Phi) is 5.18. The predicted octanol–water partition coefficient (Wildman–Crippen LogP) is -0.799. The van der Waals surface area contributed by atoms with E-state index in [2.05, 4.69) is 0 Å². The molecule has 4 nitrogen and oxygen atoms in total. The Hall–Kier alpha value is -0.525. The number of aromatic carboxylic acids is 1. The first kappa shape index (κ1) is 13.5. The minimum atomic E-state index is -1.79. The quantitative estimate of drug-likeness (QED) is 0.602. The number of benzene rings is 1. The number of halogens is 1. The van der Waals surface area contributed by atoms with Crippen LogP contribution >= 0.6 is 0 Å². The average molecular weight is 362 g/mol. The molecule has 14 heavy (non-hydrogen) atoms. The van der Waals surface area contributed by atoms with Gasteiger partial charge >= 0.3 is 13.1 Å². The van der Waals surface area contributed by atoms with E-state index < -0.39 is 24.5 Å². The molecule has 0 aliphatic rings. The third-order valence-electron chi connectivity index (χ3n) is 1.52. The minimum Gasteiger partial charge on any atom is -0.478 e. The van der Waals surface area contributed by atoms with Crippen LogP contribution in [0, 0.1) is 5.82 Å². The Bertz CT molecular complexity index is 344. The fourth-order valence-electron chi connectivity index (χ4n) is 0.865. The molecule has 0 spiro atoms. The zero-order chi connectivity index (χ0) is 10.0. The van der Waals surface area contributed by atoms with E-state index >= 15 is 0 Å². The van der Waals surface area contributed by atoms with Gasteiger partial charge in [-0.3, -0.25) is 0 Å². The minimum absolute atomic E-state index is 0. The van der Waals surface area contributed by atoms with E-state index in [1.54, 1.807) is 0 Å². The second-order valence-corrected chi connectivity index (χ2v) is 2.42. The molecule has 72 valence electrons. The molecule has 0 fully saturated rings. The second kappa shape index (κ2) is 5.38. The van der Waals surface area contributed by atoms with Crippen molar-refractivity contribution >= 4 is 18.6 Å². The van der Waals surface area contributed by atoms with Crippen molar-refractivity contribution in [1.82, 2.24) is 0 Å². The number of hydrogen-bond donors (Lipinski definition) is 3. The van der Waals surface area contributed by atoms with Crippen molar-refractivity contribution in [3.8, 4) is 0 Å². The number of rotatable bonds is 2. The van der Waals surface area contributed by atoms with Crippen LogP contribution in [0.25, 0.3) is 0 Å². The van der Waals surface area contributed by atoms with Crippen molar-refractivity contribution < 1.29 is 50.2 Å². The molecule has 7 heteroatoms. The monoisotopic (exact) mass is 364 g/mol. The molecule has 0 heterocycles. The van der Waals surface area contributed by atoms with E-state index in [9.17, 15) is 9.18 Å². The molecule has 1 rings (SSSR count). The van der Waals surface area contributed by atoms with Crippen LogP contribution < -0.4 is 5.46 Å². The summed E-state index contributed by atoms with van der Waals surface area (Å²) >= 11 is 0. The Morgan fingerprint density at radius 3 is 2.29 bits per heavy atom. The summed E-state index contributed by atoms with van der Waals surface area (Å²) < 4.78 is 12.9. The summed E-state index contributed by atoms with van der Waals surface area (Å²) in [5.41, 5.74) is -0.577. The van der Waals surface area contributed by atoms with Crippen LogP contribution in [0.2, 0.25) is 0 Å². The Morgan fingerprint density at radius 1 is 1.36 bits per heavy atom. The molecule has 0 bridgehead atoms. The maximum Gasteiger partial charge on any atom is 0.488 e. The van der Waals surface area contributed by atoms with Crippen LogP contribution in [-0.4, -0.2) is 28.2 Å². The number of carboxylic acid groups (broad SMARTS) is 1. The van der Waals surface area contributed by atoms with Crippen molar-refractivity contribution in [1.29, 1.82) is 0 Å². The first-order valence-electron chi connectivity index (χ1n) is 3.41. The average Bonchev–Trinajstić information content (AvgIpc) is 2.03. The maximum atomic E-state index is 12.9. The first-order valence-corrected chi connectivity index (χ1v) is 3.41. The number of hydrogen-bond acceptors (Lipinski definition) is 3. The summed E-state index contributed by atoms with van der Waals surface area (Å²) in [5, 5.41) is 25.7. The van der Waals surface area contributed by atoms with Gasteiger partial charge in [-0.25, -0.2) is 9.18 Å². The largest absolute Gasteiger partial charge is 0.488 e. The molecule has 0 saturated carbocycles. The normalized spacial score (nSPS) is 9.07. The Balaban J connectivity index is 0.00000169. The molecule has 0 aliphatic carbocycles. The van der Waals surface area contributed by atoms with Crippen LogP contribution in [0.1, 0.15) is 10.4 Å². The molecule has 0 atom stereocenters. The third kappa shape index (κ3) is 3.00. The number of carboxylic acids is 1. The molecule has 1 aromatic rings. The molecule has 0 aromatic heterocycles. The van der Waals surface area contributed by atoms with Gasteiger partial charge in [0.1, 0.15) is 5.82 Å². The predicted molar refractivity (Wildman–Crippen MR) is 43.2 cm³/mol. The van der Waals surface area contributed by atoms with Crippen molar-refractivity contribution in [2.75, 3.05) is 0 Å². The Morgan fingerprint density at radius 2 is 1.93 bits per heavy atom. The van der Waals surface area contributed by atoms with Gasteiger partial charge in [0.05, 0.1) is 5.56 Å². The van der Waals surface area contributed by atoms with Crippen LogP contribution in [0.4, 0.5) is 4.39 Å². The van der Waals surface area contributed by atoms with Gasteiger partial charge in [-0.1, -0.05) is 6.07 Å². The van der Waals surface area contributed by atoms with Gasteiger partial charge in [-0.2, -0.15) is 0 Å². The summed E-state index contributed by atoms with van der Waals surface area (Å²) in [4.78, 5) is 10.3. The van der Waals surface area contributed by atoms with Crippen LogP contribution in [0.5, 0.6) is 0 Å². The molecule has 1 aromatic carbocycles. The standard InChI is InChI=1S/C7H6BFO4.Hf/c9-6-3-4(8(12)13)1-2-5(6)7(10)11;/h1-3,12-13H,(H,10,11);. The van der Waals surface area contributed by atoms with Crippen molar-refractivity contribution in [2.24, 2.45) is 0 Å². The van der Waals surface area contributed by atoms with Gasteiger partial charge < -0.3 is 15.2 Å². The van der Waals surface area contributed by atoms with E-state index in [0.717, 1.165) is 18.2 Å². The van der Waals surface area contributed by atoms with E-state index in [1.165, 1.54) is 0 Å². The van der Waals surface area contributed by atoms with Crippen molar-refractivity contribution in [3.63, 3.8) is 0 Å². The van der Waals surface area contributed by atoms with E-state index in [-0.39, 0.29) is 31.3 Å². The molecular formula is C7H6BFHfO4. The van der Waals surface area contributed by atoms with E-state index in [0.29, 0.717) is 0 Å². The summed E-state index contributed by atoms with van der Waals surface area (Å²) in [5.74, 6) is -2.38. The number of carbonyl (C=O) groups is 1. The smallest absolute Gasteiger partial charge is 0.478 e. The zero-order valence-corrected chi connectivity index (χ0v) is 10.5. The third-order valence-corrected chi connectivity index (χ3v) is 1.52. The summed E-state index contributed by atoms with van der Waals surface area (Å²) in [6.45, 7) is 0. The van der Waals surface area contributed by atoms with Gasteiger partial charge in [0.25, 0.3) is 0 Å². The van der Waals surface area contributed by atoms with E-state index in [1.807, 2.05) is 0 Å². The van der Waals surface area contributed by atoms with Gasteiger partial charge in [-0.05, 0) is 17.6 Å². The molecule has 0 saturated heterocycles. The van der Waals surface area contributed by atoms with Crippen molar-refractivity contribution in [2.45, 2.75) is 0 Å². The Labute approximate surface area is 98.3 Å². The first-order chi connectivity index (χ1) is 6.02. The van der Waals surface area contributed by atoms with Gasteiger partial charge in [0.2, 0.25) is 0 Å². The SMILES string of the molecule is O=C(O)c1ccc(B(O)O)cc1F.[Hf]. The molecule has 0 aliphatic heterocycles. The summed E-state index contributed by atoms with van der Waals surface area (Å²) in [6, 6.07) is 2.89. The fraction of sp³-hybridized carbons (Fsp3) is 0. The topological polar surface area (TPSA) is 77.8 Å². The van der Waals surface area contributed by atoms with E-state index in [4.69, 9.17) is 15.2 Å². The van der Waals surface area contributed by atoms with Gasteiger partial charge in [0, 0.05) is 25.8 Å². The molecular weight excluding hydrogens is 356 g/mol. The van der Waals surface area contributed by atoms with Crippen molar-refractivity contribution in [3.05, 3.63) is 29.6 Å². The van der Waals surface area contributed by atoms with Crippen LogP contribution in [0.15, 0.2) is 18.2 Å². The molecule has 0 amide bonds. The zero-order valence-electron chi connectivity index (χ0n) is 6.94. The summed E-state index contributed by atoms with van der Waals surface area (Å²) in [7, 11) is -1.79. The summed E-state index contributed by atoms with van der Waals surface area (Å²) in [6.07, 6.45) is 0. The van der Waals surface area contributed by atoms with Crippen LogP contribution in [0.3, 0.4) is 0 Å². The maximum absolute atomic E-state index is 12.9. The van der Waals surface area contributed by atoms with Crippen LogP contribution in [-0.2, 0) is 25.8 Å². The molecule has 0 unspecified atom stereocenters. The molecule has 3 N–H and O–H groups in total. The molecule has 0 radical (unpaired) electrons.